The molecule has 5 nitrogen and oxygen atoms in total. The van der Waals surface area contributed by atoms with Gasteiger partial charge < -0.3 is 5.11 Å². The van der Waals surface area contributed by atoms with E-state index in [0.717, 1.165) is 11.4 Å². The lowest BCUT2D eigenvalue weighted by Crippen LogP contribution is -2.42. The molecule has 0 unspecified atom stereocenters. The summed E-state index contributed by atoms with van der Waals surface area (Å²) in [5.74, 6) is -0.837. The SMILES string of the molecule is O=C(O)[C@H]1Cc2nccnc2CN1. The topological polar surface area (TPSA) is 75.1 Å². The number of nitrogens with zero attached hydrogens (tertiary/aromatic N) is 2. The van der Waals surface area contributed by atoms with Crippen LogP contribution in [0.2, 0.25) is 0 Å². The van der Waals surface area contributed by atoms with E-state index in [0.29, 0.717) is 13.0 Å². The van der Waals surface area contributed by atoms with Crippen molar-refractivity contribution in [2.24, 2.45) is 0 Å². The number of fused-ring (bicyclic) bond motifs is 1. The zero-order valence-corrected chi connectivity index (χ0v) is 6.90. The van der Waals surface area contributed by atoms with Gasteiger partial charge in [0.2, 0.25) is 0 Å². The van der Waals surface area contributed by atoms with Crippen LogP contribution in [0.5, 0.6) is 0 Å². The first-order chi connectivity index (χ1) is 6.27. The predicted octanol–water partition coefficient (Wildman–Crippen LogP) is -0.425. The van der Waals surface area contributed by atoms with Crippen molar-refractivity contribution < 1.29 is 9.90 Å². The molecule has 0 aromatic carbocycles. The van der Waals surface area contributed by atoms with E-state index in [1.807, 2.05) is 0 Å². The van der Waals surface area contributed by atoms with Crippen LogP contribution in [-0.2, 0) is 17.8 Å². The number of carboxylic acid groups (broad SMARTS) is 1. The third-order valence-electron chi connectivity index (χ3n) is 2.07. The van der Waals surface area contributed by atoms with Crippen LogP contribution in [0.1, 0.15) is 11.4 Å². The Labute approximate surface area is 74.8 Å². The molecular formula is C8H9N3O2. The molecule has 68 valence electrons. The minimum atomic E-state index is -0.837. The molecule has 1 aliphatic rings. The molecule has 2 heterocycles. The second kappa shape index (κ2) is 3.10. The van der Waals surface area contributed by atoms with Crippen molar-refractivity contribution in [3.8, 4) is 0 Å². The Hall–Kier alpha value is -1.49. The van der Waals surface area contributed by atoms with E-state index in [1.54, 1.807) is 12.4 Å². The van der Waals surface area contributed by atoms with Crippen LogP contribution in [0.4, 0.5) is 0 Å². The fourth-order valence-corrected chi connectivity index (χ4v) is 1.37. The predicted molar refractivity (Wildman–Crippen MR) is 44.0 cm³/mol. The largest absolute Gasteiger partial charge is 0.480 e. The summed E-state index contributed by atoms with van der Waals surface area (Å²) in [6.45, 7) is 0.486. The van der Waals surface area contributed by atoms with Crippen LogP contribution in [0.25, 0.3) is 0 Å². The molecule has 1 aromatic rings. The lowest BCUT2D eigenvalue weighted by Gasteiger charge is -2.20. The lowest BCUT2D eigenvalue weighted by atomic mass is 10.1. The number of carboxylic acids is 1. The van der Waals surface area contributed by atoms with Gasteiger partial charge in [0.1, 0.15) is 6.04 Å². The maximum Gasteiger partial charge on any atom is 0.321 e. The maximum atomic E-state index is 10.7. The standard InChI is InChI=1S/C8H9N3O2/c12-8(13)6-3-5-7(4-11-6)10-2-1-9-5/h1-2,6,11H,3-4H2,(H,12,13)/t6-/m1/s1. The van der Waals surface area contributed by atoms with Gasteiger partial charge in [0.25, 0.3) is 0 Å². The zero-order valence-electron chi connectivity index (χ0n) is 6.90. The summed E-state index contributed by atoms with van der Waals surface area (Å²) in [6, 6.07) is -0.524. The van der Waals surface area contributed by atoms with E-state index >= 15 is 0 Å². The van der Waals surface area contributed by atoms with Crippen molar-refractivity contribution in [1.29, 1.82) is 0 Å². The first kappa shape index (κ1) is 8.12. The Morgan fingerprint density at radius 1 is 1.46 bits per heavy atom. The lowest BCUT2D eigenvalue weighted by molar-refractivity contribution is -0.139. The minimum absolute atomic E-state index is 0.415. The summed E-state index contributed by atoms with van der Waals surface area (Å²) in [4.78, 5) is 18.8. The van der Waals surface area contributed by atoms with E-state index < -0.39 is 12.0 Å². The summed E-state index contributed by atoms with van der Waals surface area (Å²) in [5.41, 5.74) is 1.63. The molecule has 5 heteroatoms. The minimum Gasteiger partial charge on any atom is -0.480 e. The molecule has 0 spiro atoms. The summed E-state index contributed by atoms with van der Waals surface area (Å²) in [5, 5.41) is 11.6. The van der Waals surface area contributed by atoms with Crippen LogP contribution in [-0.4, -0.2) is 27.1 Å². The van der Waals surface area contributed by atoms with E-state index in [1.165, 1.54) is 0 Å². The van der Waals surface area contributed by atoms with Crippen molar-refractivity contribution >= 4 is 5.97 Å². The van der Waals surface area contributed by atoms with Crippen molar-refractivity contribution in [1.82, 2.24) is 15.3 Å². The molecule has 2 N–H and O–H groups in total. The van der Waals surface area contributed by atoms with E-state index in [9.17, 15) is 4.79 Å². The third kappa shape index (κ3) is 1.50. The average molecular weight is 179 g/mol. The molecule has 13 heavy (non-hydrogen) atoms. The van der Waals surface area contributed by atoms with Crippen molar-refractivity contribution in [3.63, 3.8) is 0 Å². The third-order valence-corrected chi connectivity index (χ3v) is 2.07. The van der Waals surface area contributed by atoms with Crippen molar-refractivity contribution in [3.05, 3.63) is 23.8 Å². The molecule has 0 bridgehead atoms. The summed E-state index contributed by atoms with van der Waals surface area (Å²) >= 11 is 0. The van der Waals surface area contributed by atoms with E-state index in [4.69, 9.17) is 5.11 Å². The van der Waals surface area contributed by atoms with Gasteiger partial charge >= 0.3 is 5.97 Å². The van der Waals surface area contributed by atoms with Crippen LogP contribution < -0.4 is 5.32 Å². The van der Waals surface area contributed by atoms with Crippen LogP contribution in [0.3, 0.4) is 0 Å². The Morgan fingerprint density at radius 2 is 2.15 bits per heavy atom. The second-order valence-electron chi connectivity index (χ2n) is 2.93. The fourth-order valence-electron chi connectivity index (χ4n) is 1.37. The Bertz CT molecular complexity index is 340. The van der Waals surface area contributed by atoms with Gasteiger partial charge in [0.05, 0.1) is 11.4 Å². The molecule has 1 atom stereocenters. The molecule has 1 aliphatic heterocycles. The molecular weight excluding hydrogens is 170 g/mol. The van der Waals surface area contributed by atoms with Gasteiger partial charge in [-0.25, -0.2) is 0 Å². The van der Waals surface area contributed by atoms with Gasteiger partial charge in [-0.3, -0.25) is 20.1 Å². The molecule has 1 aromatic heterocycles. The van der Waals surface area contributed by atoms with Gasteiger partial charge in [-0.05, 0) is 0 Å². The zero-order chi connectivity index (χ0) is 9.26. The smallest absolute Gasteiger partial charge is 0.321 e. The first-order valence-electron chi connectivity index (χ1n) is 4.02. The number of hydrogen-bond acceptors (Lipinski definition) is 4. The number of rotatable bonds is 1. The van der Waals surface area contributed by atoms with E-state index in [2.05, 4.69) is 15.3 Å². The highest BCUT2D eigenvalue weighted by Crippen LogP contribution is 2.10. The normalized spacial score (nSPS) is 20.8. The van der Waals surface area contributed by atoms with Crippen molar-refractivity contribution in [2.45, 2.75) is 19.0 Å². The van der Waals surface area contributed by atoms with Crippen molar-refractivity contribution in [2.75, 3.05) is 0 Å². The van der Waals surface area contributed by atoms with Gasteiger partial charge in [-0.15, -0.1) is 0 Å². The van der Waals surface area contributed by atoms with Gasteiger partial charge in [0, 0.05) is 25.4 Å². The number of aliphatic carboxylic acids is 1. The summed E-state index contributed by atoms with van der Waals surface area (Å²) < 4.78 is 0. The summed E-state index contributed by atoms with van der Waals surface area (Å²) in [6.07, 6.45) is 3.61. The molecule has 0 saturated carbocycles. The van der Waals surface area contributed by atoms with Crippen LogP contribution >= 0.6 is 0 Å². The Balaban J connectivity index is 2.24. The molecule has 0 amide bonds. The first-order valence-corrected chi connectivity index (χ1v) is 4.02. The molecule has 0 aliphatic carbocycles. The van der Waals surface area contributed by atoms with Crippen LogP contribution in [0, 0.1) is 0 Å². The molecule has 2 rings (SSSR count). The Morgan fingerprint density at radius 3 is 2.85 bits per heavy atom. The number of nitrogens with one attached hydrogen (secondary N) is 1. The average Bonchev–Trinajstić information content (AvgIpc) is 2.17. The summed E-state index contributed by atoms with van der Waals surface area (Å²) in [7, 11) is 0. The Kier molecular flexibility index (Phi) is 1.94. The fraction of sp³-hybridized carbons (Fsp3) is 0.375. The monoisotopic (exact) mass is 179 g/mol. The highest BCUT2D eigenvalue weighted by atomic mass is 16.4. The number of hydrogen-bond donors (Lipinski definition) is 2. The van der Waals surface area contributed by atoms with Gasteiger partial charge in [-0.1, -0.05) is 0 Å². The highest BCUT2D eigenvalue weighted by Gasteiger charge is 2.24. The second-order valence-corrected chi connectivity index (χ2v) is 2.93. The highest BCUT2D eigenvalue weighted by molar-refractivity contribution is 5.74. The molecule has 0 fully saturated rings. The number of aromatic nitrogens is 2. The molecule has 0 saturated heterocycles. The quantitative estimate of drug-likeness (QED) is 0.612. The van der Waals surface area contributed by atoms with Gasteiger partial charge in [0.15, 0.2) is 0 Å². The molecule has 0 radical (unpaired) electrons. The maximum absolute atomic E-state index is 10.7. The number of carbonyl (C=O) groups is 1. The van der Waals surface area contributed by atoms with Crippen LogP contribution in [0.15, 0.2) is 12.4 Å². The van der Waals surface area contributed by atoms with E-state index in [-0.39, 0.29) is 0 Å². The van der Waals surface area contributed by atoms with Gasteiger partial charge in [-0.2, -0.15) is 0 Å².